The molecule has 1 saturated heterocycles. The lowest BCUT2D eigenvalue weighted by Gasteiger charge is -2.28. The molecule has 2 nitrogen and oxygen atoms in total. The Morgan fingerprint density at radius 3 is 2.75 bits per heavy atom. The van der Waals surface area contributed by atoms with E-state index in [2.05, 4.69) is 25.3 Å². The maximum Gasteiger partial charge on any atom is 0.160 e. The van der Waals surface area contributed by atoms with E-state index >= 15 is 0 Å². The van der Waals surface area contributed by atoms with Gasteiger partial charge in [0.05, 0.1) is 0 Å². The SMILES string of the molecule is C=C1CN(C[C](C)C)CCC1=O. The van der Waals surface area contributed by atoms with Gasteiger partial charge in [-0.15, -0.1) is 0 Å². The zero-order valence-electron chi connectivity index (χ0n) is 7.89. The van der Waals surface area contributed by atoms with E-state index in [0.29, 0.717) is 6.42 Å². The van der Waals surface area contributed by atoms with Crippen molar-refractivity contribution < 1.29 is 4.79 Å². The molecule has 0 bridgehead atoms. The molecule has 0 aliphatic carbocycles. The lowest BCUT2D eigenvalue weighted by atomic mass is 10.0. The maximum atomic E-state index is 11.1. The Hall–Kier alpha value is -0.630. The molecule has 1 radical (unpaired) electrons. The van der Waals surface area contributed by atoms with Crippen LogP contribution in [0.25, 0.3) is 0 Å². The second-order valence-electron chi connectivity index (χ2n) is 3.69. The standard InChI is InChI=1S/C10H16NO/c1-8(2)6-11-5-4-10(12)9(3)7-11/h3-7H2,1-2H3. The summed E-state index contributed by atoms with van der Waals surface area (Å²) >= 11 is 0. The summed E-state index contributed by atoms with van der Waals surface area (Å²) < 4.78 is 0. The molecule has 2 heteroatoms. The molecule has 1 rings (SSSR count). The summed E-state index contributed by atoms with van der Waals surface area (Å²) in [6.07, 6.45) is 0.645. The van der Waals surface area contributed by atoms with Gasteiger partial charge < -0.3 is 0 Å². The summed E-state index contributed by atoms with van der Waals surface area (Å²) in [7, 11) is 0. The number of ketones is 1. The molecule has 1 fully saturated rings. The second kappa shape index (κ2) is 3.85. The molecule has 0 aromatic carbocycles. The van der Waals surface area contributed by atoms with Gasteiger partial charge in [-0.3, -0.25) is 9.69 Å². The van der Waals surface area contributed by atoms with Crippen LogP contribution in [0.3, 0.4) is 0 Å². The van der Waals surface area contributed by atoms with Crippen molar-refractivity contribution in [2.45, 2.75) is 20.3 Å². The van der Waals surface area contributed by atoms with Crippen LogP contribution in [0.4, 0.5) is 0 Å². The molecule has 1 aliphatic rings. The largest absolute Gasteiger partial charge is 0.298 e. The molecule has 0 aromatic rings. The Morgan fingerprint density at radius 1 is 1.58 bits per heavy atom. The van der Waals surface area contributed by atoms with Crippen molar-refractivity contribution in [3.63, 3.8) is 0 Å². The summed E-state index contributed by atoms with van der Waals surface area (Å²) in [6.45, 7) is 10.6. The Bertz CT molecular complexity index is 196. The maximum absolute atomic E-state index is 11.1. The van der Waals surface area contributed by atoms with E-state index in [-0.39, 0.29) is 5.78 Å². The fourth-order valence-corrected chi connectivity index (χ4v) is 1.46. The molecule has 0 unspecified atom stereocenters. The zero-order valence-corrected chi connectivity index (χ0v) is 7.89. The lowest BCUT2D eigenvalue weighted by Crippen LogP contribution is -2.37. The number of carbonyl (C=O) groups excluding carboxylic acids is 1. The minimum atomic E-state index is 0.236. The third kappa shape index (κ3) is 2.45. The highest BCUT2D eigenvalue weighted by Crippen LogP contribution is 2.12. The van der Waals surface area contributed by atoms with Gasteiger partial charge in [0.1, 0.15) is 0 Å². The van der Waals surface area contributed by atoms with Crippen molar-refractivity contribution in [2.75, 3.05) is 19.6 Å². The van der Waals surface area contributed by atoms with Gasteiger partial charge in [-0.2, -0.15) is 0 Å². The smallest absolute Gasteiger partial charge is 0.160 e. The zero-order chi connectivity index (χ0) is 9.14. The van der Waals surface area contributed by atoms with Crippen LogP contribution in [0.15, 0.2) is 12.2 Å². The minimum Gasteiger partial charge on any atom is -0.298 e. The molecule has 0 spiro atoms. The monoisotopic (exact) mass is 166 g/mol. The van der Waals surface area contributed by atoms with Crippen molar-refractivity contribution in [3.8, 4) is 0 Å². The fourth-order valence-electron chi connectivity index (χ4n) is 1.46. The second-order valence-corrected chi connectivity index (χ2v) is 3.69. The van der Waals surface area contributed by atoms with Crippen molar-refractivity contribution in [1.29, 1.82) is 0 Å². The molecule has 12 heavy (non-hydrogen) atoms. The van der Waals surface area contributed by atoms with Crippen LogP contribution in [0.5, 0.6) is 0 Å². The van der Waals surface area contributed by atoms with Crippen LogP contribution in [-0.2, 0) is 4.79 Å². The number of carbonyl (C=O) groups is 1. The van der Waals surface area contributed by atoms with E-state index in [1.165, 1.54) is 5.92 Å². The first-order valence-electron chi connectivity index (χ1n) is 4.32. The van der Waals surface area contributed by atoms with Crippen LogP contribution >= 0.6 is 0 Å². The molecular formula is C10H16NO. The summed E-state index contributed by atoms with van der Waals surface area (Å²) in [5, 5.41) is 0. The lowest BCUT2D eigenvalue weighted by molar-refractivity contribution is -0.117. The van der Waals surface area contributed by atoms with Crippen LogP contribution in [-0.4, -0.2) is 30.3 Å². The molecular weight excluding hydrogens is 150 g/mol. The summed E-state index contributed by atoms with van der Waals surface area (Å²) in [6, 6.07) is 0. The van der Waals surface area contributed by atoms with Crippen molar-refractivity contribution in [2.24, 2.45) is 0 Å². The number of nitrogens with zero attached hydrogens (tertiary/aromatic N) is 1. The van der Waals surface area contributed by atoms with Gasteiger partial charge in [0.2, 0.25) is 0 Å². The van der Waals surface area contributed by atoms with Gasteiger partial charge in [-0.1, -0.05) is 20.4 Å². The fraction of sp³-hybridized carbons (Fsp3) is 0.600. The predicted molar refractivity (Wildman–Crippen MR) is 49.8 cm³/mol. The normalized spacial score (nSPS) is 20.6. The average molecular weight is 166 g/mol. The Labute approximate surface area is 74.2 Å². The van der Waals surface area contributed by atoms with Gasteiger partial charge in [-0.25, -0.2) is 0 Å². The minimum absolute atomic E-state index is 0.236. The van der Waals surface area contributed by atoms with Crippen molar-refractivity contribution >= 4 is 5.78 Å². The Kier molecular flexibility index (Phi) is 3.04. The van der Waals surface area contributed by atoms with E-state index < -0.39 is 0 Å². The van der Waals surface area contributed by atoms with Gasteiger partial charge in [0.25, 0.3) is 0 Å². The van der Waals surface area contributed by atoms with Crippen molar-refractivity contribution in [1.82, 2.24) is 4.90 Å². The predicted octanol–water partition coefficient (Wildman–Crippen LogP) is 1.43. The van der Waals surface area contributed by atoms with Crippen LogP contribution in [0.2, 0.25) is 0 Å². The molecule has 1 heterocycles. The number of rotatable bonds is 2. The third-order valence-electron chi connectivity index (χ3n) is 2.00. The highest BCUT2D eigenvalue weighted by molar-refractivity contribution is 5.95. The number of Topliss-reactive ketones (excluding diaryl/α,β-unsaturated/α-hetero) is 1. The summed E-state index contributed by atoms with van der Waals surface area (Å²) in [5.41, 5.74) is 0.766. The van der Waals surface area contributed by atoms with Crippen LogP contribution in [0.1, 0.15) is 20.3 Å². The van der Waals surface area contributed by atoms with Gasteiger partial charge in [0.15, 0.2) is 5.78 Å². The van der Waals surface area contributed by atoms with E-state index in [1.807, 2.05) is 0 Å². The van der Waals surface area contributed by atoms with Gasteiger partial charge >= 0.3 is 0 Å². The van der Waals surface area contributed by atoms with E-state index in [1.54, 1.807) is 0 Å². The molecule has 1 aliphatic heterocycles. The number of piperidine rings is 1. The van der Waals surface area contributed by atoms with E-state index in [0.717, 1.165) is 25.2 Å². The first kappa shape index (κ1) is 9.46. The molecule has 0 aromatic heterocycles. The van der Waals surface area contributed by atoms with E-state index in [4.69, 9.17) is 0 Å². The molecule has 67 valence electrons. The van der Waals surface area contributed by atoms with Gasteiger partial charge in [0, 0.05) is 31.6 Å². The van der Waals surface area contributed by atoms with Crippen molar-refractivity contribution in [3.05, 3.63) is 18.1 Å². The summed E-state index contributed by atoms with van der Waals surface area (Å²) in [4.78, 5) is 13.4. The highest BCUT2D eigenvalue weighted by atomic mass is 16.1. The average Bonchev–Trinajstić information content (AvgIpc) is 1.96. The number of likely N-dealkylation sites (tertiary alicyclic amines) is 1. The van der Waals surface area contributed by atoms with Crippen LogP contribution < -0.4 is 0 Å². The third-order valence-corrected chi connectivity index (χ3v) is 2.00. The number of hydrogen-bond donors (Lipinski definition) is 0. The Morgan fingerprint density at radius 2 is 2.25 bits per heavy atom. The Balaban J connectivity index is 2.40. The number of hydrogen-bond acceptors (Lipinski definition) is 2. The first-order valence-corrected chi connectivity index (χ1v) is 4.32. The van der Waals surface area contributed by atoms with Gasteiger partial charge in [-0.05, 0) is 5.92 Å². The van der Waals surface area contributed by atoms with E-state index in [9.17, 15) is 4.79 Å². The molecule has 0 amide bonds. The molecule has 0 N–H and O–H groups in total. The molecule has 0 atom stereocenters. The quantitative estimate of drug-likeness (QED) is 0.578. The topological polar surface area (TPSA) is 20.3 Å². The molecule has 0 saturated carbocycles. The summed E-state index contributed by atoms with van der Waals surface area (Å²) in [5.74, 6) is 1.62. The highest BCUT2D eigenvalue weighted by Gasteiger charge is 2.19. The van der Waals surface area contributed by atoms with Crippen LogP contribution in [0, 0.1) is 5.92 Å². The first-order chi connectivity index (χ1) is 5.59.